The first-order valence-electron chi connectivity index (χ1n) is 6.43. The molecule has 0 spiro atoms. The highest BCUT2D eigenvalue weighted by atomic mass is 16.5. The summed E-state index contributed by atoms with van der Waals surface area (Å²) in [5.41, 5.74) is 0. The number of hydrogen-bond acceptors (Lipinski definition) is 5. The fraction of sp³-hybridized carbons (Fsp3) is 1.00. The summed E-state index contributed by atoms with van der Waals surface area (Å²) in [5, 5.41) is 3.21. The van der Waals surface area contributed by atoms with Crippen LogP contribution in [-0.4, -0.2) is 65.9 Å². The molecule has 17 heavy (non-hydrogen) atoms. The summed E-state index contributed by atoms with van der Waals surface area (Å²) in [5.74, 6) is 0. The molecule has 0 unspecified atom stereocenters. The van der Waals surface area contributed by atoms with Crippen molar-refractivity contribution in [1.29, 1.82) is 0 Å². The molecule has 1 N–H and O–H groups in total. The molecule has 0 amide bonds. The predicted octanol–water partition coefficient (Wildman–Crippen LogP) is 0.682. The standard InChI is InChI=1S/C8H17NO3.C4H10O/c1-3-10-5-7-12-8-6-11-4-2-9-1;1-3-5-4-2/h9H,1-8H2;3-4H2,1-2H3. The molecule has 0 saturated carbocycles. The lowest BCUT2D eigenvalue weighted by molar-refractivity contribution is 0.0100. The predicted molar refractivity (Wildman–Crippen MR) is 67.5 cm³/mol. The van der Waals surface area contributed by atoms with E-state index < -0.39 is 0 Å². The minimum atomic E-state index is 0.670. The molecule has 1 fully saturated rings. The minimum absolute atomic E-state index is 0.670. The molecule has 1 heterocycles. The highest BCUT2D eigenvalue weighted by Crippen LogP contribution is 1.82. The van der Waals surface area contributed by atoms with Gasteiger partial charge in [-0.05, 0) is 13.8 Å². The minimum Gasteiger partial charge on any atom is -0.382 e. The third-order valence-electron chi connectivity index (χ3n) is 2.00. The van der Waals surface area contributed by atoms with Gasteiger partial charge in [0.2, 0.25) is 0 Å². The van der Waals surface area contributed by atoms with E-state index in [0.717, 1.165) is 39.5 Å². The van der Waals surface area contributed by atoms with Gasteiger partial charge in [-0.3, -0.25) is 0 Å². The molecule has 5 heteroatoms. The Morgan fingerprint density at radius 2 is 1.18 bits per heavy atom. The van der Waals surface area contributed by atoms with Crippen LogP contribution in [0.15, 0.2) is 0 Å². The van der Waals surface area contributed by atoms with Gasteiger partial charge in [-0.25, -0.2) is 0 Å². The molecule has 0 aromatic heterocycles. The molecule has 1 rings (SSSR count). The van der Waals surface area contributed by atoms with Crippen molar-refractivity contribution in [1.82, 2.24) is 5.32 Å². The van der Waals surface area contributed by atoms with Crippen molar-refractivity contribution in [3.05, 3.63) is 0 Å². The van der Waals surface area contributed by atoms with Gasteiger partial charge in [0.15, 0.2) is 0 Å². The molecule has 0 aromatic rings. The lowest BCUT2D eigenvalue weighted by Gasteiger charge is -2.10. The fourth-order valence-corrected chi connectivity index (χ4v) is 1.16. The van der Waals surface area contributed by atoms with Crippen LogP contribution in [-0.2, 0) is 18.9 Å². The Kier molecular flexibility index (Phi) is 15.6. The van der Waals surface area contributed by atoms with Crippen LogP contribution in [0.2, 0.25) is 0 Å². The molecule has 0 atom stereocenters. The summed E-state index contributed by atoms with van der Waals surface area (Å²) in [6, 6.07) is 0. The van der Waals surface area contributed by atoms with E-state index >= 15 is 0 Å². The van der Waals surface area contributed by atoms with Crippen LogP contribution < -0.4 is 5.32 Å². The van der Waals surface area contributed by atoms with Gasteiger partial charge in [0.05, 0.1) is 39.6 Å². The first-order valence-corrected chi connectivity index (χ1v) is 6.43. The summed E-state index contributed by atoms with van der Waals surface area (Å²) in [6.45, 7) is 11.7. The smallest absolute Gasteiger partial charge is 0.0701 e. The quantitative estimate of drug-likeness (QED) is 0.780. The number of nitrogens with one attached hydrogen (secondary N) is 1. The lowest BCUT2D eigenvalue weighted by Crippen LogP contribution is -2.26. The molecule has 0 aromatic carbocycles. The van der Waals surface area contributed by atoms with E-state index in [1.165, 1.54) is 0 Å². The van der Waals surface area contributed by atoms with Crippen LogP contribution in [0.5, 0.6) is 0 Å². The van der Waals surface area contributed by atoms with Crippen molar-refractivity contribution in [2.24, 2.45) is 0 Å². The Morgan fingerprint density at radius 3 is 1.53 bits per heavy atom. The van der Waals surface area contributed by atoms with Crippen LogP contribution in [0.3, 0.4) is 0 Å². The van der Waals surface area contributed by atoms with Crippen LogP contribution >= 0.6 is 0 Å². The zero-order chi connectivity index (χ0) is 12.6. The fourth-order valence-electron chi connectivity index (χ4n) is 1.16. The van der Waals surface area contributed by atoms with E-state index in [2.05, 4.69) is 5.32 Å². The lowest BCUT2D eigenvalue weighted by atomic mass is 10.6. The van der Waals surface area contributed by atoms with Gasteiger partial charge in [-0.1, -0.05) is 0 Å². The molecule has 0 bridgehead atoms. The van der Waals surface area contributed by atoms with Crippen LogP contribution in [0.4, 0.5) is 0 Å². The summed E-state index contributed by atoms with van der Waals surface area (Å²) >= 11 is 0. The molecular formula is C12H27NO4. The average molecular weight is 249 g/mol. The van der Waals surface area contributed by atoms with Gasteiger partial charge in [-0.15, -0.1) is 0 Å². The van der Waals surface area contributed by atoms with Crippen molar-refractivity contribution in [2.45, 2.75) is 13.8 Å². The summed E-state index contributed by atoms with van der Waals surface area (Å²) in [6.07, 6.45) is 0. The van der Waals surface area contributed by atoms with Gasteiger partial charge >= 0.3 is 0 Å². The van der Waals surface area contributed by atoms with Crippen LogP contribution in [0.1, 0.15) is 13.8 Å². The van der Waals surface area contributed by atoms with E-state index in [1.54, 1.807) is 0 Å². The molecule has 1 aliphatic heterocycles. The SMILES string of the molecule is C1COCCOCCOCCN1.CCOCC. The Bertz CT molecular complexity index is 90.7. The van der Waals surface area contributed by atoms with Gasteiger partial charge in [-0.2, -0.15) is 0 Å². The highest BCUT2D eigenvalue weighted by Gasteiger charge is 1.94. The number of hydrogen-bond donors (Lipinski definition) is 1. The second-order valence-corrected chi connectivity index (χ2v) is 3.37. The van der Waals surface area contributed by atoms with E-state index in [9.17, 15) is 0 Å². The summed E-state index contributed by atoms with van der Waals surface area (Å²) in [4.78, 5) is 0. The number of rotatable bonds is 2. The second kappa shape index (κ2) is 15.8. The maximum absolute atomic E-state index is 5.28. The Morgan fingerprint density at radius 1 is 0.765 bits per heavy atom. The second-order valence-electron chi connectivity index (χ2n) is 3.37. The van der Waals surface area contributed by atoms with Gasteiger partial charge in [0.1, 0.15) is 0 Å². The van der Waals surface area contributed by atoms with Crippen molar-refractivity contribution in [2.75, 3.05) is 65.9 Å². The third-order valence-corrected chi connectivity index (χ3v) is 2.00. The topological polar surface area (TPSA) is 49.0 Å². The van der Waals surface area contributed by atoms with Crippen molar-refractivity contribution in [3.63, 3.8) is 0 Å². The maximum Gasteiger partial charge on any atom is 0.0701 e. The van der Waals surface area contributed by atoms with Crippen LogP contribution in [0, 0.1) is 0 Å². The van der Waals surface area contributed by atoms with Crippen molar-refractivity contribution in [3.8, 4) is 0 Å². The van der Waals surface area contributed by atoms with E-state index in [4.69, 9.17) is 18.9 Å². The Labute approximate surface area is 105 Å². The van der Waals surface area contributed by atoms with Crippen LogP contribution in [0.25, 0.3) is 0 Å². The zero-order valence-corrected chi connectivity index (χ0v) is 11.2. The maximum atomic E-state index is 5.28. The largest absolute Gasteiger partial charge is 0.382 e. The molecular weight excluding hydrogens is 222 g/mol. The molecule has 0 radical (unpaired) electrons. The molecule has 1 aliphatic rings. The van der Waals surface area contributed by atoms with Crippen molar-refractivity contribution >= 4 is 0 Å². The van der Waals surface area contributed by atoms with Crippen molar-refractivity contribution < 1.29 is 18.9 Å². The monoisotopic (exact) mass is 249 g/mol. The highest BCUT2D eigenvalue weighted by molar-refractivity contribution is 4.46. The molecule has 0 aliphatic carbocycles. The molecule has 104 valence electrons. The van der Waals surface area contributed by atoms with Gasteiger partial charge < -0.3 is 24.3 Å². The summed E-state index contributed by atoms with van der Waals surface area (Å²) in [7, 11) is 0. The zero-order valence-electron chi connectivity index (χ0n) is 11.2. The van der Waals surface area contributed by atoms with E-state index in [1.807, 2.05) is 13.8 Å². The Hall–Kier alpha value is -0.200. The Balaban J connectivity index is 0.000000437. The first kappa shape index (κ1) is 16.8. The van der Waals surface area contributed by atoms with Gasteiger partial charge in [0.25, 0.3) is 0 Å². The average Bonchev–Trinajstić information content (AvgIpc) is 2.31. The summed E-state index contributed by atoms with van der Waals surface area (Å²) < 4.78 is 20.6. The van der Waals surface area contributed by atoms with E-state index in [0.29, 0.717) is 26.4 Å². The van der Waals surface area contributed by atoms with E-state index in [-0.39, 0.29) is 0 Å². The molecule has 1 saturated heterocycles. The number of ether oxygens (including phenoxy) is 4. The molecule has 5 nitrogen and oxygen atoms in total. The normalized spacial score (nSPS) is 19.4. The van der Waals surface area contributed by atoms with Gasteiger partial charge in [0, 0.05) is 26.3 Å². The third kappa shape index (κ3) is 15.8. The first-order chi connectivity index (χ1) is 8.41.